The molecule has 1 aromatic carbocycles. The fourth-order valence-electron chi connectivity index (χ4n) is 1.45. The number of para-hydroxylation sites is 1. The summed E-state index contributed by atoms with van der Waals surface area (Å²) in [5, 5.41) is 11.4. The van der Waals surface area contributed by atoms with Crippen LogP contribution in [0.1, 0.15) is 27.2 Å². The molecule has 0 aliphatic rings. The minimum atomic E-state index is -0.568. The maximum atomic E-state index is 11.7. The number of nitrogens with zero attached hydrogens (tertiary/aromatic N) is 1. The van der Waals surface area contributed by atoms with Crippen LogP contribution in [0.2, 0.25) is 0 Å². The molecule has 5 heteroatoms. The molecule has 1 N–H and O–H groups in total. The summed E-state index contributed by atoms with van der Waals surface area (Å²) < 4.78 is 10.7. The van der Waals surface area contributed by atoms with Crippen LogP contribution in [0.4, 0.5) is 4.79 Å². The molecule has 0 saturated carbocycles. The van der Waals surface area contributed by atoms with Crippen LogP contribution in [0.5, 0.6) is 5.75 Å². The maximum absolute atomic E-state index is 11.7. The molecule has 1 amide bonds. The number of carbonyl (C=O) groups excluding carboxylic acids is 1. The fourth-order valence-corrected chi connectivity index (χ4v) is 1.45. The molecule has 1 unspecified atom stereocenters. The molecule has 0 heterocycles. The smallest absolute Gasteiger partial charge is 0.408 e. The van der Waals surface area contributed by atoms with Gasteiger partial charge in [0, 0.05) is 0 Å². The van der Waals surface area contributed by atoms with Crippen molar-refractivity contribution in [3.05, 3.63) is 30.3 Å². The van der Waals surface area contributed by atoms with E-state index in [1.54, 1.807) is 20.8 Å². The number of carbonyl (C=O) groups is 1. The second-order valence-electron chi connectivity index (χ2n) is 5.33. The first kappa shape index (κ1) is 15.8. The minimum absolute atomic E-state index is 0.159. The lowest BCUT2D eigenvalue weighted by atomic mass is 10.2. The second-order valence-corrected chi connectivity index (χ2v) is 5.33. The minimum Gasteiger partial charge on any atom is -0.491 e. The summed E-state index contributed by atoms with van der Waals surface area (Å²) in [7, 11) is 0. The Bertz CT molecular complexity index is 460. The van der Waals surface area contributed by atoms with Crippen LogP contribution in [0.25, 0.3) is 0 Å². The lowest BCUT2D eigenvalue weighted by molar-refractivity contribution is 0.0489. The van der Waals surface area contributed by atoms with Gasteiger partial charge >= 0.3 is 6.09 Å². The molecule has 0 spiro atoms. The Balaban J connectivity index is 2.48. The molecule has 1 atom stereocenters. The average molecular weight is 276 g/mol. The van der Waals surface area contributed by atoms with Crippen molar-refractivity contribution in [1.82, 2.24) is 5.32 Å². The molecule has 1 aromatic rings. The van der Waals surface area contributed by atoms with Crippen LogP contribution in [-0.2, 0) is 4.74 Å². The van der Waals surface area contributed by atoms with Gasteiger partial charge in [0.25, 0.3) is 0 Å². The van der Waals surface area contributed by atoms with E-state index in [9.17, 15) is 4.79 Å². The zero-order valence-corrected chi connectivity index (χ0v) is 12.1. The Morgan fingerprint density at radius 3 is 2.55 bits per heavy atom. The summed E-state index contributed by atoms with van der Waals surface area (Å²) in [6.07, 6.45) is -0.388. The lowest BCUT2D eigenvalue weighted by Gasteiger charge is -2.22. The van der Waals surface area contributed by atoms with Gasteiger partial charge in [0.05, 0.1) is 18.5 Å². The molecule has 5 nitrogen and oxygen atoms in total. The van der Waals surface area contributed by atoms with Gasteiger partial charge in [-0.1, -0.05) is 18.2 Å². The largest absolute Gasteiger partial charge is 0.491 e. The van der Waals surface area contributed by atoms with Crippen molar-refractivity contribution in [3.8, 4) is 11.8 Å². The number of nitrogens with one attached hydrogen (secondary N) is 1. The molecule has 0 aromatic heterocycles. The summed E-state index contributed by atoms with van der Waals surface area (Å²) in [6.45, 7) is 5.57. The number of ether oxygens (including phenoxy) is 2. The van der Waals surface area contributed by atoms with E-state index in [0.717, 1.165) is 0 Å². The quantitative estimate of drug-likeness (QED) is 0.897. The summed E-state index contributed by atoms with van der Waals surface area (Å²) >= 11 is 0. The number of hydrogen-bond donors (Lipinski definition) is 1. The molecule has 0 aliphatic carbocycles. The van der Waals surface area contributed by atoms with Gasteiger partial charge in [0.15, 0.2) is 0 Å². The highest BCUT2D eigenvalue weighted by molar-refractivity contribution is 5.68. The van der Waals surface area contributed by atoms with E-state index in [2.05, 4.69) is 5.32 Å². The Morgan fingerprint density at radius 1 is 1.35 bits per heavy atom. The molecule has 108 valence electrons. The van der Waals surface area contributed by atoms with Gasteiger partial charge in [-0.15, -0.1) is 0 Å². The van der Waals surface area contributed by atoms with Crippen LogP contribution < -0.4 is 10.1 Å². The maximum Gasteiger partial charge on any atom is 0.408 e. The highest BCUT2D eigenvalue weighted by atomic mass is 16.6. The van der Waals surface area contributed by atoms with E-state index in [-0.39, 0.29) is 13.0 Å². The second kappa shape index (κ2) is 7.39. The van der Waals surface area contributed by atoms with E-state index in [1.165, 1.54) is 0 Å². The fraction of sp³-hybridized carbons (Fsp3) is 0.467. The van der Waals surface area contributed by atoms with Crippen LogP contribution in [0.3, 0.4) is 0 Å². The van der Waals surface area contributed by atoms with Crippen molar-refractivity contribution < 1.29 is 14.3 Å². The molecule has 0 saturated heterocycles. The molecule has 0 fully saturated rings. The van der Waals surface area contributed by atoms with Gasteiger partial charge in [0.2, 0.25) is 0 Å². The van der Waals surface area contributed by atoms with Crippen molar-refractivity contribution in [2.75, 3.05) is 6.61 Å². The first-order valence-electron chi connectivity index (χ1n) is 6.45. The van der Waals surface area contributed by atoms with E-state index in [4.69, 9.17) is 14.7 Å². The highest BCUT2D eigenvalue weighted by Crippen LogP contribution is 2.10. The van der Waals surface area contributed by atoms with Gasteiger partial charge < -0.3 is 14.8 Å². The van der Waals surface area contributed by atoms with Gasteiger partial charge in [-0.05, 0) is 32.9 Å². The number of nitriles is 1. The van der Waals surface area contributed by atoms with Crippen LogP contribution in [0.15, 0.2) is 30.3 Å². The van der Waals surface area contributed by atoms with Crippen molar-refractivity contribution in [1.29, 1.82) is 5.26 Å². The standard InChI is InChI=1S/C15H20N2O3/c1-15(2,3)20-14(18)17-12(9-10-16)11-19-13-7-5-4-6-8-13/h4-8,12H,9,11H2,1-3H3,(H,17,18). The molecule has 0 aliphatic heterocycles. The third-order valence-corrected chi connectivity index (χ3v) is 2.25. The molecular formula is C15H20N2O3. The van der Waals surface area contributed by atoms with E-state index in [0.29, 0.717) is 5.75 Å². The number of amides is 1. The normalized spacial score (nSPS) is 12.1. The van der Waals surface area contributed by atoms with E-state index < -0.39 is 17.7 Å². The zero-order chi connectivity index (χ0) is 15.0. The summed E-state index contributed by atoms with van der Waals surface area (Å²) in [5.41, 5.74) is -0.568. The summed E-state index contributed by atoms with van der Waals surface area (Å²) in [6, 6.07) is 10.8. The van der Waals surface area contributed by atoms with Gasteiger partial charge in [0.1, 0.15) is 18.0 Å². The third-order valence-electron chi connectivity index (χ3n) is 2.25. The predicted octanol–water partition coefficient (Wildman–Crippen LogP) is 2.87. The number of hydrogen-bond acceptors (Lipinski definition) is 4. The van der Waals surface area contributed by atoms with Gasteiger partial charge in [-0.25, -0.2) is 4.79 Å². The Kier molecular flexibility index (Phi) is 5.85. The van der Waals surface area contributed by atoms with Crippen LogP contribution >= 0.6 is 0 Å². The number of alkyl carbamates (subject to hydrolysis) is 1. The molecular weight excluding hydrogens is 256 g/mol. The number of rotatable bonds is 5. The first-order valence-corrected chi connectivity index (χ1v) is 6.45. The van der Waals surface area contributed by atoms with Crippen molar-refractivity contribution in [2.45, 2.75) is 38.8 Å². The van der Waals surface area contributed by atoms with Gasteiger partial charge in [-0.3, -0.25) is 0 Å². The molecule has 0 radical (unpaired) electrons. The van der Waals surface area contributed by atoms with Crippen LogP contribution in [-0.4, -0.2) is 24.3 Å². The van der Waals surface area contributed by atoms with E-state index in [1.807, 2.05) is 36.4 Å². The van der Waals surface area contributed by atoms with Gasteiger partial charge in [-0.2, -0.15) is 5.26 Å². The zero-order valence-electron chi connectivity index (χ0n) is 12.1. The Labute approximate surface area is 119 Å². The number of benzene rings is 1. The Hall–Kier alpha value is -2.22. The topological polar surface area (TPSA) is 71.3 Å². The predicted molar refractivity (Wildman–Crippen MR) is 75.3 cm³/mol. The summed E-state index contributed by atoms with van der Waals surface area (Å²) in [4.78, 5) is 11.7. The summed E-state index contributed by atoms with van der Waals surface area (Å²) in [5.74, 6) is 0.696. The third kappa shape index (κ3) is 6.64. The van der Waals surface area contributed by atoms with Crippen molar-refractivity contribution >= 4 is 6.09 Å². The van der Waals surface area contributed by atoms with Crippen molar-refractivity contribution in [2.24, 2.45) is 0 Å². The molecule has 20 heavy (non-hydrogen) atoms. The van der Waals surface area contributed by atoms with Crippen molar-refractivity contribution in [3.63, 3.8) is 0 Å². The Morgan fingerprint density at radius 2 is 2.00 bits per heavy atom. The van der Waals surface area contributed by atoms with E-state index >= 15 is 0 Å². The lowest BCUT2D eigenvalue weighted by Crippen LogP contribution is -2.42. The highest BCUT2D eigenvalue weighted by Gasteiger charge is 2.19. The monoisotopic (exact) mass is 276 g/mol. The molecule has 1 rings (SSSR count). The molecule has 0 bridgehead atoms. The average Bonchev–Trinajstić information content (AvgIpc) is 2.35. The first-order chi connectivity index (χ1) is 9.40. The SMILES string of the molecule is CC(C)(C)OC(=O)NC(CC#N)COc1ccccc1. The van der Waals surface area contributed by atoms with Crippen LogP contribution in [0, 0.1) is 11.3 Å².